The molecule has 1 atom stereocenters. The van der Waals surface area contributed by atoms with Crippen molar-refractivity contribution in [3.63, 3.8) is 0 Å². The number of nitrogens with one attached hydrogen (secondary N) is 1. The Morgan fingerprint density at radius 1 is 1.10 bits per heavy atom. The number of aliphatic carboxylic acids is 1. The Morgan fingerprint density at radius 2 is 1.76 bits per heavy atom. The van der Waals surface area contributed by atoms with Gasteiger partial charge in [0.2, 0.25) is 5.91 Å². The van der Waals surface area contributed by atoms with Crippen LogP contribution in [0.15, 0.2) is 42.5 Å². The Balaban J connectivity index is 2.08. The van der Waals surface area contributed by atoms with Gasteiger partial charge in [-0.05, 0) is 22.3 Å². The van der Waals surface area contributed by atoms with Crippen LogP contribution in [0.1, 0.15) is 19.4 Å². The number of carboxylic acids is 1. The van der Waals surface area contributed by atoms with E-state index in [1.165, 1.54) is 0 Å². The SMILES string of the molecule is CC(C)C(NC(=O)Cc1ccc2ccccc2c1)C(=O)O. The summed E-state index contributed by atoms with van der Waals surface area (Å²) in [7, 11) is 0. The van der Waals surface area contributed by atoms with Gasteiger partial charge in [-0.1, -0.05) is 56.3 Å². The minimum Gasteiger partial charge on any atom is -0.480 e. The molecule has 110 valence electrons. The van der Waals surface area contributed by atoms with Gasteiger partial charge in [-0.15, -0.1) is 0 Å². The lowest BCUT2D eigenvalue weighted by Gasteiger charge is -2.17. The number of benzene rings is 2. The van der Waals surface area contributed by atoms with E-state index < -0.39 is 12.0 Å². The van der Waals surface area contributed by atoms with Crippen molar-refractivity contribution in [3.8, 4) is 0 Å². The average molecular weight is 285 g/mol. The monoisotopic (exact) mass is 285 g/mol. The normalized spacial score (nSPS) is 12.3. The lowest BCUT2D eigenvalue weighted by molar-refractivity contribution is -0.143. The maximum atomic E-state index is 12.0. The first-order valence-electron chi connectivity index (χ1n) is 6.97. The highest BCUT2D eigenvalue weighted by Crippen LogP contribution is 2.16. The van der Waals surface area contributed by atoms with Crippen LogP contribution < -0.4 is 5.32 Å². The number of carbonyl (C=O) groups excluding carboxylic acids is 1. The third-order valence-electron chi connectivity index (χ3n) is 3.43. The summed E-state index contributed by atoms with van der Waals surface area (Å²) >= 11 is 0. The van der Waals surface area contributed by atoms with E-state index in [0.29, 0.717) is 0 Å². The Kier molecular flexibility index (Phi) is 4.58. The Hall–Kier alpha value is -2.36. The molecule has 2 aromatic carbocycles. The summed E-state index contributed by atoms with van der Waals surface area (Å²) in [6, 6.07) is 12.9. The summed E-state index contributed by atoms with van der Waals surface area (Å²) in [5, 5.41) is 13.8. The molecule has 0 aliphatic carbocycles. The maximum absolute atomic E-state index is 12.0. The van der Waals surface area contributed by atoms with E-state index in [4.69, 9.17) is 5.11 Å². The van der Waals surface area contributed by atoms with Crippen LogP contribution in [0.5, 0.6) is 0 Å². The summed E-state index contributed by atoms with van der Waals surface area (Å²) in [6.45, 7) is 3.55. The summed E-state index contributed by atoms with van der Waals surface area (Å²) < 4.78 is 0. The molecule has 0 bridgehead atoms. The maximum Gasteiger partial charge on any atom is 0.326 e. The molecule has 0 aliphatic rings. The quantitative estimate of drug-likeness (QED) is 0.887. The first kappa shape index (κ1) is 15.0. The highest BCUT2D eigenvalue weighted by Gasteiger charge is 2.23. The van der Waals surface area contributed by atoms with Crippen LogP contribution >= 0.6 is 0 Å². The van der Waals surface area contributed by atoms with Gasteiger partial charge in [-0.3, -0.25) is 4.79 Å². The summed E-state index contributed by atoms with van der Waals surface area (Å²) in [5.74, 6) is -1.42. The van der Waals surface area contributed by atoms with Crippen LogP contribution in [0, 0.1) is 5.92 Å². The van der Waals surface area contributed by atoms with Crippen LogP contribution in [-0.2, 0) is 16.0 Å². The van der Waals surface area contributed by atoms with E-state index in [1.54, 1.807) is 13.8 Å². The third-order valence-corrected chi connectivity index (χ3v) is 3.43. The number of carboxylic acid groups (broad SMARTS) is 1. The fourth-order valence-electron chi connectivity index (χ4n) is 2.27. The van der Waals surface area contributed by atoms with Crippen LogP contribution in [0.25, 0.3) is 10.8 Å². The van der Waals surface area contributed by atoms with Crippen LogP contribution in [-0.4, -0.2) is 23.0 Å². The highest BCUT2D eigenvalue weighted by atomic mass is 16.4. The van der Waals surface area contributed by atoms with E-state index in [1.807, 2.05) is 42.5 Å². The van der Waals surface area contributed by atoms with Crippen molar-refractivity contribution in [3.05, 3.63) is 48.0 Å². The number of amides is 1. The van der Waals surface area contributed by atoms with Crippen molar-refractivity contribution in [2.24, 2.45) is 5.92 Å². The van der Waals surface area contributed by atoms with Gasteiger partial charge in [0.25, 0.3) is 0 Å². The summed E-state index contributed by atoms with van der Waals surface area (Å²) in [5.41, 5.74) is 0.874. The molecule has 0 heterocycles. The van der Waals surface area contributed by atoms with Crippen molar-refractivity contribution in [1.82, 2.24) is 5.32 Å². The smallest absolute Gasteiger partial charge is 0.326 e. The molecule has 0 aliphatic heterocycles. The predicted molar refractivity (Wildman–Crippen MR) is 82.1 cm³/mol. The predicted octanol–water partition coefficient (Wildman–Crippen LogP) is 2.61. The lowest BCUT2D eigenvalue weighted by Crippen LogP contribution is -2.44. The second-order valence-electron chi connectivity index (χ2n) is 5.49. The van der Waals surface area contributed by atoms with E-state index in [9.17, 15) is 9.59 Å². The molecule has 1 amide bonds. The number of carbonyl (C=O) groups is 2. The van der Waals surface area contributed by atoms with Crippen LogP contribution in [0.3, 0.4) is 0 Å². The molecule has 2 N–H and O–H groups in total. The van der Waals surface area contributed by atoms with Gasteiger partial charge in [-0.2, -0.15) is 0 Å². The Morgan fingerprint density at radius 3 is 2.38 bits per heavy atom. The summed E-state index contributed by atoms with van der Waals surface area (Å²) in [4.78, 5) is 23.1. The first-order valence-corrected chi connectivity index (χ1v) is 6.97. The zero-order valence-corrected chi connectivity index (χ0v) is 12.2. The second kappa shape index (κ2) is 6.39. The molecule has 0 saturated carbocycles. The van der Waals surface area contributed by atoms with Gasteiger partial charge in [0.15, 0.2) is 0 Å². The highest BCUT2D eigenvalue weighted by molar-refractivity contribution is 5.87. The van der Waals surface area contributed by atoms with Crippen molar-refractivity contribution < 1.29 is 14.7 Å². The van der Waals surface area contributed by atoms with Crippen molar-refractivity contribution in [1.29, 1.82) is 0 Å². The molecular formula is C17H19NO3. The lowest BCUT2D eigenvalue weighted by atomic mass is 10.0. The molecule has 0 fully saturated rings. The average Bonchev–Trinajstić information content (AvgIpc) is 2.44. The fraction of sp³-hybridized carbons (Fsp3) is 0.294. The van der Waals surface area contributed by atoms with E-state index in [-0.39, 0.29) is 18.2 Å². The molecular weight excluding hydrogens is 266 g/mol. The van der Waals surface area contributed by atoms with E-state index >= 15 is 0 Å². The molecule has 0 spiro atoms. The number of hydrogen-bond acceptors (Lipinski definition) is 2. The van der Waals surface area contributed by atoms with Crippen molar-refractivity contribution in [2.45, 2.75) is 26.3 Å². The van der Waals surface area contributed by atoms with Gasteiger partial charge >= 0.3 is 5.97 Å². The van der Waals surface area contributed by atoms with E-state index in [0.717, 1.165) is 16.3 Å². The third kappa shape index (κ3) is 3.81. The molecule has 0 radical (unpaired) electrons. The molecule has 1 unspecified atom stereocenters. The molecule has 4 heteroatoms. The zero-order valence-electron chi connectivity index (χ0n) is 12.2. The van der Waals surface area contributed by atoms with Gasteiger partial charge in [0.05, 0.1) is 6.42 Å². The fourth-order valence-corrected chi connectivity index (χ4v) is 2.27. The number of rotatable bonds is 5. The molecule has 4 nitrogen and oxygen atoms in total. The molecule has 21 heavy (non-hydrogen) atoms. The minimum absolute atomic E-state index is 0.150. The Bertz CT molecular complexity index is 664. The first-order chi connectivity index (χ1) is 9.97. The zero-order chi connectivity index (χ0) is 15.4. The van der Waals surface area contributed by atoms with E-state index in [2.05, 4.69) is 5.32 Å². The van der Waals surface area contributed by atoms with Gasteiger partial charge in [0, 0.05) is 0 Å². The molecule has 0 aromatic heterocycles. The van der Waals surface area contributed by atoms with Crippen molar-refractivity contribution >= 4 is 22.6 Å². The second-order valence-corrected chi connectivity index (χ2v) is 5.49. The van der Waals surface area contributed by atoms with Gasteiger partial charge in [-0.25, -0.2) is 4.79 Å². The van der Waals surface area contributed by atoms with Crippen molar-refractivity contribution in [2.75, 3.05) is 0 Å². The molecule has 0 saturated heterocycles. The topological polar surface area (TPSA) is 66.4 Å². The van der Waals surface area contributed by atoms with Crippen LogP contribution in [0.2, 0.25) is 0 Å². The largest absolute Gasteiger partial charge is 0.480 e. The number of fused-ring (bicyclic) bond motifs is 1. The minimum atomic E-state index is -1.00. The summed E-state index contributed by atoms with van der Waals surface area (Å²) in [6.07, 6.45) is 0.182. The van der Waals surface area contributed by atoms with Gasteiger partial charge in [0.1, 0.15) is 6.04 Å². The standard InChI is InChI=1S/C17H19NO3/c1-11(2)16(17(20)21)18-15(19)10-12-7-8-13-5-3-4-6-14(13)9-12/h3-9,11,16H,10H2,1-2H3,(H,18,19)(H,20,21). The van der Waals surface area contributed by atoms with Crippen LogP contribution in [0.4, 0.5) is 0 Å². The Labute approximate surface area is 123 Å². The molecule has 2 aromatic rings. The number of hydrogen-bond donors (Lipinski definition) is 2. The molecule has 2 rings (SSSR count). The van der Waals surface area contributed by atoms with Gasteiger partial charge < -0.3 is 10.4 Å².